The maximum atomic E-state index is 10.9. The molecule has 0 amide bonds. The molecule has 0 heterocycles. The maximum Gasteiger partial charge on any atom is 0.344 e. The Kier molecular flexibility index (Phi) is 11.6. The van der Waals surface area contributed by atoms with Gasteiger partial charge in [-0.1, -0.05) is 76.5 Å². The van der Waals surface area contributed by atoms with Gasteiger partial charge in [0, 0.05) is 12.1 Å². The van der Waals surface area contributed by atoms with Gasteiger partial charge in [0.25, 0.3) is 0 Å². The highest BCUT2D eigenvalue weighted by atomic mass is 16.5. The molecule has 2 aromatic rings. The highest BCUT2D eigenvalue weighted by molar-refractivity contribution is 5.72. The molecule has 5 heteroatoms. The van der Waals surface area contributed by atoms with Crippen molar-refractivity contribution in [3.8, 4) is 17.2 Å². The molecule has 39 heavy (non-hydrogen) atoms. The molecule has 0 aromatic heterocycles. The van der Waals surface area contributed by atoms with E-state index in [9.17, 15) is 4.79 Å². The van der Waals surface area contributed by atoms with Crippen LogP contribution in [0.1, 0.15) is 115 Å². The number of hydrogen-bond donors (Lipinski definition) is 2. The summed E-state index contributed by atoms with van der Waals surface area (Å²) in [7, 11) is 0. The maximum absolute atomic E-state index is 10.9. The Hall–Kier alpha value is -2.53. The average Bonchev–Trinajstić information content (AvgIpc) is 2.96. The lowest BCUT2D eigenvalue weighted by Gasteiger charge is -2.30. The van der Waals surface area contributed by atoms with Crippen LogP contribution in [0.4, 0.5) is 0 Å². The molecule has 1 unspecified atom stereocenters. The molecule has 0 bridgehead atoms. The number of ether oxygens (including phenoxy) is 2. The minimum atomic E-state index is -0.985. The predicted octanol–water partition coefficient (Wildman–Crippen LogP) is 8.87. The Morgan fingerprint density at radius 1 is 0.769 bits per heavy atom. The monoisotopic (exact) mass is 535 g/mol. The summed E-state index contributed by atoms with van der Waals surface area (Å²) in [5, 5.41) is 12.8. The zero-order chi connectivity index (χ0) is 27.5. The largest absolute Gasteiger partial charge is 0.479 e. The van der Waals surface area contributed by atoms with E-state index in [2.05, 4.69) is 24.4 Å². The van der Waals surface area contributed by atoms with Crippen molar-refractivity contribution in [1.29, 1.82) is 0 Å². The molecule has 1 atom stereocenters. The Morgan fingerprint density at radius 3 is 1.87 bits per heavy atom. The van der Waals surface area contributed by atoms with Gasteiger partial charge in [-0.2, -0.15) is 0 Å². The van der Waals surface area contributed by atoms with E-state index in [-0.39, 0.29) is 0 Å². The van der Waals surface area contributed by atoms with Gasteiger partial charge in [-0.25, -0.2) is 4.79 Å². The SMILES string of the molecule is C1CCC(NC2CCCCC2)CC1.CC1CCC(c2ccccc2Oc2ccc(OC(C)C(=O)O)cc2)CC1. The highest BCUT2D eigenvalue weighted by Gasteiger charge is 2.23. The van der Waals surface area contributed by atoms with Crippen LogP contribution < -0.4 is 14.8 Å². The van der Waals surface area contributed by atoms with Gasteiger partial charge in [0.05, 0.1) is 0 Å². The first-order valence-corrected chi connectivity index (χ1v) is 15.5. The van der Waals surface area contributed by atoms with Gasteiger partial charge in [-0.05, 0) is 93.2 Å². The second kappa shape index (κ2) is 15.3. The van der Waals surface area contributed by atoms with Gasteiger partial charge >= 0.3 is 5.97 Å². The van der Waals surface area contributed by atoms with E-state index < -0.39 is 12.1 Å². The Morgan fingerprint density at radius 2 is 1.31 bits per heavy atom. The molecule has 0 aliphatic heterocycles. The summed E-state index contributed by atoms with van der Waals surface area (Å²) in [6.07, 6.45) is 18.6. The summed E-state index contributed by atoms with van der Waals surface area (Å²) < 4.78 is 11.5. The molecule has 0 saturated heterocycles. The second-order valence-electron chi connectivity index (χ2n) is 12.0. The molecule has 3 fully saturated rings. The van der Waals surface area contributed by atoms with Gasteiger partial charge in [0.1, 0.15) is 17.2 Å². The number of benzene rings is 2. The van der Waals surface area contributed by atoms with Gasteiger partial charge in [0.15, 0.2) is 6.10 Å². The number of aliphatic carboxylic acids is 1. The molecule has 5 rings (SSSR count). The van der Waals surface area contributed by atoms with E-state index in [0.29, 0.717) is 11.7 Å². The van der Waals surface area contributed by atoms with Crippen LogP contribution in [-0.2, 0) is 4.79 Å². The summed E-state index contributed by atoms with van der Waals surface area (Å²) in [6.45, 7) is 3.83. The van der Waals surface area contributed by atoms with Crippen molar-refractivity contribution in [3.63, 3.8) is 0 Å². The number of carboxylic acid groups (broad SMARTS) is 1. The molecule has 5 nitrogen and oxygen atoms in total. The van der Waals surface area contributed by atoms with Crippen molar-refractivity contribution in [1.82, 2.24) is 5.32 Å². The van der Waals surface area contributed by atoms with Crippen LogP contribution in [-0.4, -0.2) is 29.3 Å². The summed E-state index contributed by atoms with van der Waals surface area (Å²) in [5.41, 5.74) is 1.28. The van der Waals surface area contributed by atoms with Crippen molar-refractivity contribution in [2.45, 2.75) is 128 Å². The van der Waals surface area contributed by atoms with Crippen LogP contribution in [0.2, 0.25) is 0 Å². The van der Waals surface area contributed by atoms with Crippen molar-refractivity contribution in [3.05, 3.63) is 54.1 Å². The molecule has 0 spiro atoms. The molecule has 0 radical (unpaired) electrons. The Balaban J connectivity index is 0.000000226. The van der Waals surface area contributed by atoms with E-state index in [1.165, 1.54) is 102 Å². The van der Waals surface area contributed by atoms with Crippen LogP contribution in [0.5, 0.6) is 17.2 Å². The zero-order valence-electron chi connectivity index (χ0n) is 24.1. The van der Waals surface area contributed by atoms with Gasteiger partial charge in [-0.15, -0.1) is 0 Å². The zero-order valence-corrected chi connectivity index (χ0v) is 24.1. The van der Waals surface area contributed by atoms with Crippen LogP contribution in [0, 0.1) is 5.92 Å². The third-order valence-electron chi connectivity index (χ3n) is 8.77. The second-order valence-corrected chi connectivity index (χ2v) is 12.0. The van der Waals surface area contributed by atoms with Crippen molar-refractivity contribution in [2.24, 2.45) is 5.92 Å². The van der Waals surface area contributed by atoms with Crippen LogP contribution in [0.3, 0.4) is 0 Å². The molecule has 3 aliphatic rings. The van der Waals surface area contributed by atoms with Crippen LogP contribution in [0.15, 0.2) is 48.5 Å². The minimum absolute atomic E-state index is 0.516. The summed E-state index contributed by atoms with van der Waals surface area (Å²) in [4.78, 5) is 10.9. The van der Waals surface area contributed by atoms with Gasteiger partial charge in [0.2, 0.25) is 0 Å². The van der Waals surface area contributed by atoms with E-state index >= 15 is 0 Å². The summed E-state index contributed by atoms with van der Waals surface area (Å²) in [6, 6.07) is 17.1. The predicted molar refractivity (Wildman–Crippen MR) is 158 cm³/mol. The fraction of sp³-hybridized carbons (Fsp3) is 0.618. The van der Waals surface area contributed by atoms with Gasteiger partial charge < -0.3 is 19.9 Å². The smallest absolute Gasteiger partial charge is 0.344 e. The van der Waals surface area contributed by atoms with Crippen molar-refractivity contribution >= 4 is 5.97 Å². The highest BCUT2D eigenvalue weighted by Crippen LogP contribution is 2.40. The number of rotatable bonds is 8. The number of para-hydroxylation sites is 1. The molecular formula is C34H49NO4. The lowest BCUT2D eigenvalue weighted by Crippen LogP contribution is -2.40. The lowest BCUT2D eigenvalue weighted by atomic mass is 9.79. The number of carboxylic acids is 1. The summed E-state index contributed by atoms with van der Waals surface area (Å²) in [5.74, 6) is 2.53. The van der Waals surface area contributed by atoms with Crippen LogP contribution >= 0.6 is 0 Å². The third-order valence-corrected chi connectivity index (χ3v) is 8.77. The van der Waals surface area contributed by atoms with Gasteiger partial charge in [-0.3, -0.25) is 0 Å². The number of hydrogen-bond acceptors (Lipinski definition) is 4. The normalized spacial score (nSPS) is 23.2. The minimum Gasteiger partial charge on any atom is -0.479 e. The molecule has 214 valence electrons. The average molecular weight is 536 g/mol. The van der Waals surface area contributed by atoms with E-state index in [4.69, 9.17) is 14.6 Å². The van der Waals surface area contributed by atoms with E-state index in [1.807, 2.05) is 24.3 Å². The van der Waals surface area contributed by atoms with Crippen molar-refractivity contribution in [2.75, 3.05) is 0 Å². The first-order chi connectivity index (χ1) is 19.0. The standard InChI is InChI=1S/C22H26O4.C12H23N/c1-15-7-9-17(10-8-15)20-5-3-4-6-21(20)26-19-13-11-18(12-14-19)25-16(2)22(23)24;1-3-7-11(8-4-1)13-12-9-5-2-6-10-12/h3-6,11-17H,7-10H2,1-2H3,(H,23,24);11-13H,1-10H2. The first-order valence-electron chi connectivity index (χ1n) is 15.5. The lowest BCUT2D eigenvalue weighted by molar-refractivity contribution is -0.144. The fourth-order valence-corrected chi connectivity index (χ4v) is 6.32. The first kappa shape index (κ1) is 29.5. The topological polar surface area (TPSA) is 67.8 Å². The molecular weight excluding hydrogens is 486 g/mol. The quantitative estimate of drug-likeness (QED) is 0.353. The third kappa shape index (κ3) is 9.56. The van der Waals surface area contributed by atoms with E-state index in [1.54, 1.807) is 12.1 Å². The molecule has 2 aromatic carbocycles. The van der Waals surface area contributed by atoms with Crippen molar-refractivity contribution < 1.29 is 19.4 Å². The molecule has 3 aliphatic carbocycles. The Bertz CT molecular complexity index is 971. The molecule has 2 N–H and O–H groups in total. The fourth-order valence-electron chi connectivity index (χ4n) is 6.32. The number of nitrogens with one attached hydrogen (secondary N) is 1. The van der Waals surface area contributed by atoms with E-state index in [0.717, 1.165) is 29.5 Å². The Labute approximate surface area is 235 Å². The van der Waals surface area contributed by atoms with Crippen LogP contribution in [0.25, 0.3) is 0 Å². The summed E-state index contributed by atoms with van der Waals surface area (Å²) >= 11 is 0. The molecule has 3 saturated carbocycles. The number of carbonyl (C=O) groups is 1.